The Hall–Kier alpha value is -1.47. The first-order chi connectivity index (χ1) is 9.49. The van der Waals surface area contributed by atoms with Crippen LogP contribution in [-0.4, -0.2) is 48.3 Å². The van der Waals surface area contributed by atoms with E-state index in [2.05, 4.69) is 0 Å². The molecule has 122 valence electrons. The van der Waals surface area contributed by atoms with Crippen LogP contribution >= 0.6 is 0 Å². The lowest BCUT2D eigenvalue weighted by atomic mass is 9.97. The number of nitrogens with one attached hydrogen (secondary N) is 1. The quantitative estimate of drug-likeness (QED) is 0.851. The number of nitrogens with zero attached hydrogens (tertiary/aromatic N) is 1. The average Bonchev–Trinajstić information content (AvgIpc) is 2.33. The first-order valence-corrected chi connectivity index (χ1v) is 6.82. The second kappa shape index (κ2) is 6.53. The van der Waals surface area contributed by atoms with Gasteiger partial charge in [0.15, 0.2) is 0 Å². The molecule has 0 unspecified atom stereocenters. The van der Waals surface area contributed by atoms with Crippen molar-refractivity contribution in [3.05, 3.63) is 0 Å². The molecule has 5 nitrogen and oxygen atoms in total. The van der Waals surface area contributed by atoms with Crippen molar-refractivity contribution < 1.29 is 27.5 Å². The number of ether oxygens (including phenoxy) is 1. The zero-order valence-corrected chi connectivity index (χ0v) is 12.4. The lowest BCUT2D eigenvalue weighted by Gasteiger charge is -2.33. The van der Waals surface area contributed by atoms with Crippen molar-refractivity contribution in [1.82, 2.24) is 10.2 Å². The van der Waals surface area contributed by atoms with Gasteiger partial charge < -0.3 is 15.0 Å². The molecule has 1 aliphatic heterocycles. The number of hydrogen-bond acceptors (Lipinski definition) is 3. The van der Waals surface area contributed by atoms with E-state index in [0.29, 0.717) is 25.9 Å². The second-order valence-electron chi connectivity index (χ2n) is 6.12. The molecule has 1 N–H and O–H groups in total. The lowest BCUT2D eigenvalue weighted by molar-refractivity contribution is -0.173. The maximum Gasteiger partial charge on any atom is 0.471 e. The zero-order valence-electron chi connectivity index (χ0n) is 12.4. The van der Waals surface area contributed by atoms with Gasteiger partial charge >= 0.3 is 18.2 Å². The van der Waals surface area contributed by atoms with Crippen molar-refractivity contribution in [3.8, 4) is 0 Å². The van der Waals surface area contributed by atoms with E-state index >= 15 is 0 Å². The number of carbonyl (C=O) groups excluding carboxylic acids is 2. The van der Waals surface area contributed by atoms with E-state index in [1.54, 1.807) is 20.8 Å². The summed E-state index contributed by atoms with van der Waals surface area (Å²) in [7, 11) is 0. The summed E-state index contributed by atoms with van der Waals surface area (Å²) < 4.78 is 41.4. The third-order valence-electron chi connectivity index (χ3n) is 3.07. The van der Waals surface area contributed by atoms with Gasteiger partial charge in [0, 0.05) is 19.6 Å². The highest BCUT2D eigenvalue weighted by Gasteiger charge is 2.38. The van der Waals surface area contributed by atoms with Crippen molar-refractivity contribution in [2.45, 2.75) is 45.4 Å². The van der Waals surface area contributed by atoms with Crippen molar-refractivity contribution in [2.24, 2.45) is 5.92 Å². The molecule has 0 aromatic rings. The number of likely N-dealkylation sites (tertiary alicyclic amines) is 1. The van der Waals surface area contributed by atoms with Crippen LogP contribution in [0.5, 0.6) is 0 Å². The summed E-state index contributed by atoms with van der Waals surface area (Å²) in [5.41, 5.74) is -0.575. The number of alkyl halides is 3. The van der Waals surface area contributed by atoms with E-state index in [1.807, 2.05) is 5.32 Å². The molecule has 1 heterocycles. The van der Waals surface area contributed by atoms with E-state index in [0.717, 1.165) is 0 Å². The molecule has 8 heteroatoms. The molecule has 2 amide bonds. The molecule has 0 spiro atoms. The molecule has 0 aromatic heterocycles. The molecule has 0 bridgehead atoms. The van der Waals surface area contributed by atoms with E-state index in [4.69, 9.17) is 4.74 Å². The molecule has 0 saturated carbocycles. The minimum absolute atomic E-state index is 0.0273. The maximum atomic E-state index is 12.0. The van der Waals surface area contributed by atoms with Crippen LogP contribution in [0.1, 0.15) is 33.6 Å². The Morgan fingerprint density at radius 1 is 1.19 bits per heavy atom. The lowest BCUT2D eigenvalue weighted by Crippen LogP contribution is -2.45. The Morgan fingerprint density at radius 3 is 2.14 bits per heavy atom. The summed E-state index contributed by atoms with van der Waals surface area (Å²) in [5.74, 6) is -1.98. The van der Waals surface area contributed by atoms with Gasteiger partial charge in [-0.05, 0) is 39.5 Å². The minimum Gasteiger partial charge on any atom is -0.444 e. The molecule has 21 heavy (non-hydrogen) atoms. The fourth-order valence-electron chi connectivity index (χ4n) is 1.98. The summed E-state index contributed by atoms with van der Waals surface area (Å²) in [6.45, 7) is 6.11. The van der Waals surface area contributed by atoms with Crippen LogP contribution in [0, 0.1) is 5.92 Å². The van der Waals surface area contributed by atoms with Crippen LogP contribution in [0.15, 0.2) is 0 Å². The molecule has 1 saturated heterocycles. The average molecular weight is 310 g/mol. The highest BCUT2D eigenvalue weighted by molar-refractivity contribution is 5.81. The summed E-state index contributed by atoms with van der Waals surface area (Å²) in [6.07, 6.45) is -4.19. The molecule has 0 aliphatic carbocycles. The van der Waals surface area contributed by atoms with Gasteiger partial charge in [-0.25, -0.2) is 4.79 Å². The molecule has 0 atom stereocenters. The summed E-state index contributed by atoms with van der Waals surface area (Å²) in [5, 5.41) is 1.88. The third-order valence-corrected chi connectivity index (χ3v) is 3.07. The molecule has 1 aliphatic rings. The van der Waals surface area contributed by atoms with Gasteiger partial charge in [-0.3, -0.25) is 4.79 Å². The van der Waals surface area contributed by atoms with Crippen LogP contribution in [0.3, 0.4) is 0 Å². The summed E-state index contributed by atoms with van der Waals surface area (Å²) >= 11 is 0. The number of amides is 2. The Balaban J connectivity index is 2.33. The molecule has 1 fully saturated rings. The van der Waals surface area contributed by atoms with Gasteiger partial charge in [0.1, 0.15) is 5.60 Å². The van der Waals surface area contributed by atoms with Crippen LogP contribution < -0.4 is 5.32 Å². The van der Waals surface area contributed by atoms with Crippen LogP contribution in [-0.2, 0) is 9.53 Å². The smallest absolute Gasteiger partial charge is 0.444 e. The summed E-state index contributed by atoms with van der Waals surface area (Å²) in [4.78, 5) is 24.1. The van der Waals surface area contributed by atoms with E-state index in [9.17, 15) is 22.8 Å². The molecule has 1 rings (SSSR count). The van der Waals surface area contributed by atoms with E-state index in [1.165, 1.54) is 4.90 Å². The second-order valence-corrected chi connectivity index (χ2v) is 6.12. The molecular formula is C13H21F3N2O3. The van der Waals surface area contributed by atoms with Crippen LogP contribution in [0.2, 0.25) is 0 Å². The van der Waals surface area contributed by atoms with Gasteiger partial charge in [0.2, 0.25) is 0 Å². The van der Waals surface area contributed by atoms with E-state index < -0.39 is 23.8 Å². The fraction of sp³-hybridized carbons (Fsp3) is 0.846. The first-order valence-electron chi connectivity index (χ1n) is 6.82. The number of piperidine rings is 1. The normalized spacial score (nSPS) is 17.5. The SMILES string of the molecule is CC(C)(C)OC(=O)N1CCC(CNC(=O)C(F)(F)F)CC1. The predicted molar refractivity (Wildman–Crippen MR) is 69.6 cm³/mol. The van der Waals surface area contributed by atoms with Crippen molar-refractivity contribution in [3.63, 3.8) is 0 Å². The maximum absolute atomic E-state index is 12.0. The van der Waals surface area contributed by atoms with Crippen molar-refractivity contribution in [2.75, 3.05) is 19.6 Å². The van der Waals surface area contributed by atoms with Gasteiger partial charge in [-0.2, -0.15) is 13.2 Å². The first kappa shape index (κ1) is 17.6. The van der Waals surface area contributed by atoms with Gasteiger partial charge in [0.25, 0.3) is 0 Å². The Labute approximate surface area is 121 Å². The van der Waals surface area contributed by atoms with E-state index in [-0.39, 0.29) is 12.5 Å². The highest BCUT2D eigenvalue weighted by Crippen LogP contribution is 2.20. The topological polar surface area (TPSA) is 58.6 Å². The minimum atomic E-state index is -4.85. The number of halogens is 3. The molecular weight excluding hydrogens is 289 g/mol. The zero-order chi connectivity index (χ0) is 16.3. The Bertz CT molecular complexity index is 383. The van der Waals surface area contributed by atoms with Gasteiger partial charge in [0.05, 0.1) is 0 Å². The van der Waals surface area contributed by atoms with Crippen LogP contribution in [0.4, 0.5) is 18.0 Å². The summed E-state index contributed by atoms with van der Waals surface area (Å²) in [6, 6.07) is 0. The standard InChI is InChI=1S/C13H21F3N2O3/c1-12(2,3)21-11(20)18-6-4-9(5-7-18)8-17-10(19)13(14,15)16/h9H,4-8H2,1-3H3,(H,17,19). The monoisotopic (exact) mass is 310 g/mol. The van der Waals surface area contributed by atoms with Crippen molar-refractivity contribution >= 4 is 12.0 Å². The van der Waals surface area contributed by atoms with Gasteiger partial charge in [-0.15, -0.1) is 0 Å². The number of carbonyl (C=O) groups is 2. The largest absolute Gasteiger partial charge is 0.471 e. The molecule has 0 aromatic carbocycles. The molecule has 0 radical (unpaired) electrons. The highest BCUT2D eigenvalue weighted by atomic mass is 19.4. The fourth-order valence-corrected chi connectivity index (χ4v) is 1.98. The van der Waals surface area contributed by atoms with Gasteiger partial charge in [-0.1, -0.05) is 0 Å². The number of hydrogen-bond donors (Lipinski definition) is 1. The van der Waals surface area contributed by atoms with Crippen molar-refractivity contribution in [1.29, 1.82) is 0 Å². The Kier molecular flexibility index (Phi) is 5.47. The van der Waals surface area contributed by atoms with Crippen LogP contribution in [0.25, 0.3) is 0 Å². The third kappa shape index (κ3) is 6.22. The Morgan fingerprint density at radius 2 is 1.71 bits per heavy atom. The number of rotatable bonds is 2. The predicted octanol–water partition coefficient (Wildman–Crippen LogP) is 2.31.